The number of nitrogens with zero attached hydrogens (tertiary/aromatic N) is 4. The number of aryl methyl sites for hydroxylation is 1. The molecule has 1 fully saturated rings. The molecule has 7 heteroatoms. The quantitative estimate of drug-likeness (QED) is 0.572. The molecule has 1 aliphatic heterocycles. The van der Waals surface area contributed by atoms with Gasteiger partial charge in [-0.1, -0.05) is 12.1 Å². The lowest BCUT2D eigenvalue weighted by molar-refractivity contribution is 0.902. The summed E-state index contributed by atoms with van der Waals surface area (Å²) in [6.45, 7) is 5.44. The van der Waals surface area contributed by atoms with E-state index in [2.05, 4.69) is 48.8 Å². The van der Waals surface area contributed by atoms with E-state index in [0.29, 0.717) is 29.3 Å². The Balaban J connectivity index is 1.50. The van der Waals surface area contributed by atoms with Crippen LogP contribution in [0.1, 0.15) is 37.7 Å². The average Bonchev–Trinajstić information content (AvgIpc) is 3.22. The fourth-order valence-corrected chi connectivity index (χ4v) is 3.33. The van der Waals surface area contributed by atoms with Gasteiger partial charge < -0.3 is 16.4 Å². The van der Waals surface area contributed by atoms with Crippen LogP contribution in [0.4, 0.5) is 17.2 Å². The van der Waals surface area contributed by atoms with Gasteiger partial charge >= 0.3 is 0 Å². The van der Waals surface area contributed by atoms with E-state index >= 15 is 0 Å². The van der Waals surface area contributed by atoms with Crippen LogP contribution in [-0.2, 0) is 0 Å². The number of amidine groups is 2. The second-order valence-electron chi connectivity index (χ2n) is 6.99. The van der Waals surface area contributed by atoms with Crippen molar-refractivity contribution in [1.82, 2.24) is 9.97 Å². The standard InChI is InChI=1S/C20H23N7/c1-11(21)22-12(2)24-20-10-18(23-13(3)25-20)15-8-14(15)9-19-26-16-6-4-5-7-17(16)27-19/h4-7,9-10,14-15,26-27H,8H2,1-3H3,(H2,21,22,23,24,25). The van der Waals surface area contributed by atoms with Crippen molar-refractivity contribution >= 4 is 28.9 Å². The first-order valence-corrected chi connectivity index (χ1v) is 9.04. The van der Waals surface area contributed by atoms with E-state index in [-0.39, 0.29) is 0 Å². The number of aliphatic imine (C=N–C) groups is 2. The molecular weight excluding hydrogens is 338 g/mol. The second-order valence-corrected chi connectivity index (χ2v) is 6.99. The fourth-order valence-electron chi connectivity index (χ4n) is 3.33. The Labute approximate surface area is 158 Å². The van der Waals surface area contributed by atoms with Gasteiger partial charge in [-0.25, -0.2) is 20.0 Å². The normalized spacial score (nSPS) is 21.4. The zero-order chi connectivity index (χ0) is 19.0. The van der Waals surface area contributed by atoms with Crippen LogP contribution < -0.4 is 16.4 Å². The Bertz CT molecular complexity index is 943. The Hall–Kier alpha value is -3.22. The van der Waals surface area contributed by atoms with Crippen molar-refractivity contribution in [3.8, 4) is 0 Å². The van der Waals surface area contributed by atoms with Gasteiger partial charge in [-0.2, -0.15) is 0 Å². The Morgan fingerprint density at radius 2 is 1.89 bits per heavy atom. The van der Waals surface area contributed by atoms with E-state index in [1.807, 2.05) is 32.0 Å². The monoisotopic (exact) mass is 361 g/mol. The van der Waals surface area contributed by atoms with Crippen LogP contribution in [0.3, 0.4) is 0 Å². The molecule has 0 spiro atoms. The van der Waals surface area contributed by atoms with Crippen molar-refractivity contribution in [3.63, 3.8) is 0 Å². The molecule has 1 aliphatic carbocycles. The number of fused-ring (bicyclic) bond motifs is 1. The van der Waals surface area contributed by atoms with Gasteiger partial charge in [-0.3, -0.25) is 0 Å². The summed E-state index contributed by atoms with van der Waals surface area (Å²) in [7, 11) is 0. The summed E-state index contributed by atoms with van der Waals surface area (Å²) < 4.78 is 0. The van der Waals surface area contributed by atoms with Crippen molar-refractivity contribution in [3.05, 3.63) is 53.7 Å². The second kappa shape index (κ2) is 6.83. The van der Waals surface area contributed by atoms with Crippen LogP contribution in [0.25, 0.3) is 0 Å². The molecule has 7 nitrogen and oxygen atoms in total. The first-order valence-electron chi connectivity index (χ1n) is 9.04. The molecule has 4 N–H and O–H groups in total. The number of rotatable bonds is 3. The van der Waals surface area contributed by atoms with E-state index in [1.165, 1.54) is 0 Å². The van der Waals surface area contributed by atoms with Crippen molar-refractivity contribution in [2.75, 3.05) is 10.6 Å². The molecule has 1 aromatic heterocycles. The number of nitrogens with two attached hydrogens (primary N) is 1. The van der Waals surface area contributed by atoms with Crippen LogP contribution >= 0.6 is 0 Å². The summed E-state index contributed by atoms with van der Waals surface area (Å²) in [5.41, 5.74) is 8.86. The highest BCUT2D eigenvalue weighted by Crippen LogP contribution is 2.49. The summed E-state index contributed by atoms with van der Waals surface area (Å²) in [5.74, 6) is 4.29. The largest absolute Gasteiger partial charge is 0.387 e. The number of para-hydroxylation sites is 2. The van der Waals surface area contributed by atoms with Gasteiger partial charge in [0.05, 0.1) is 17.2 Å². The minimum atomic E-state index is 0.389. The molecule has 27 heavy (non-hydrogen) atoms. The number of aromatic nitrogens is 2. The molecule has 0 amide bonds. The first-order chi connectivity index (χ1) is 13.0. The molecule has 2 heterocycles. The van der Waals surface area contributed by atoms with E-state index in [4.69, 9.17) is 5.73 Å². The van der Waals surface area contributed by atoms with Crippen molar-refractivity contribution in [1.29, 1.82) is 0 Å². The summed E-state index contributed by atoms with van der Waals surface area (Å²) in [6.07, 6.45) is 3.32. The van der Waals surface area contributed by atoms with E-state index in [0.717, 1.165) is 35.1 Å². The minimum Gasteiger partial charge on any atom is -0.387 e. The lowest BCUT2D eigenvalue weighted by Crippen LogP contribution is -2.07. The molecule has 1 aromatic carbocycles. The number of allylic oxidation sites excluding steroid dienone is 1. The number of hydrogen-bond acceptors (Lipinski definition) is 5. The van der Waals surface area contributed by atoms with E-state index in [1.54, 1.807) is 6.92 Å². The van der Waals surface area contributed by atoms with Crippen LogP contribution in [0, 0.1) is 12.8 Å². The first kappa shape index (κ1) is 17.2. The van der Waals surface area contributed by atoms with Crippen LogP contribution in [-0.4, -0.2) is 21.6 Å². The van der Waals surface area contributed by atoms with Gasteiger partial charge in [0.1, 0.15) is 17.5 Å². The van der Waals surface area contributed by atoms with Gasteiger partial charge in [0.25, 0.3) is 0 Å². The van der Waals surface area contributed by atoms with Gasteiger partial charge in [0.15, 0.2) is 5.82 Å². The summed E-state index contributed by atoms with van der Waals surface area (Å²) in [4.78, 5) is 17.6. The third kappa shape index (κ3) is 3.97. The molecule has 138 valence electrons. The number of hydrogen-bond donors (Lipinski definition) is 3. The molecule has 2 unspecified atom stereocenters. The topological polar surface area (TPSA) is 101 Å². The Morgan fingerprint density at radius 3 is 2.56 bits per heavy atom. The smallest absolute Gasteiger partial charge is 0.157 e. The van der Waals surface area contributed by atoms with E-state index in [9.17, 15) is 0 Å². The Morgan fingerprint density at radius 1 is 1.19 bits per heavy atom. The molecule has 1 saturated carbocycles. The molecule has 4 rings (SSSR count). The molecule has 2 atom stereocenters. The summed E-state index contributed by atoms with van der Waals surface area (Å²) >= 11 is 0. The van der Waals surface area contributed by atoms with Gasteiger partial charge in [-0.15, -0.1) is 0 Å². The van der Waals surface area contributed by atoms with E-state index < -0.39 is 0 Å². The molecule has 0 radical (unpaired) electrons. The van der Waals surface area contributed by atoms with Crippen molar-refractivity contribution < 1.29 is 0 Å². The predicted octanol–water partition coefficient (Wildman–Crippen LogP) is 3.69. The van der Waals surface area contributed by atoms with Crippen molar-refractivity contribution in [2.45, 2.75) is 33.1 Å². The lowest BCUT2D eigenvalue weighted by atomic mass is 10.2. The van der Waals surface area contributed by atoms with Gasteiger partial charge in [0.2, 0.25) is 0 Å². The van der Waals surface area contributed by atoms with Crippen LogP contribution in [0.15, 0.2) is 52.2 Å². The highest BCUT2D eigenvalue weighted by Gasteiger charge is 2.39. The zero-order valence-electron chi connectivity index (χ0n) is 15.7. The highest BCUT2D eigenvalue weighted by atomic mass is 15.2. The maximum Gasteiger partial charge on any atom is 0.157 e. The molecule has 2 aromatic rings. The lowest BCUT2D eigenvalue weighted by Gasteiger charge is -2.03. The maximum atomic E-state index is 5.61. The third-order valence-electron chi connectivity index (χ3n) is 4.52. The number of nitrogens with one attached hydrogen (secondary N) is 2. The minimum absolute atomic E-state index is 0.389. The fraction of sp³-hybridized carbons (Fsp3) is 0.300. The number of anilines is 2. The summed E-state index contributed by atoms with van der Waals surface area (Å²) in [6, 6.07) is 10.1. The highest BCUT2D eigenvalue weighted by molar-refractivity contribution is 5.94. The Kier molecular flexibility index (Phi) is 4.35. The predicted molar refractivity (Wildman–Crippen MR) is 109 cm³/mol. The molecule has 0 saturated heterocycles. The molecular formula is C20H23N7. The number of benzene rings is 1. The van der Waals surface area contributed by atoms with Gasteiger partial charge in [0, 0.05) is 17.7 Å². The van der Waals surface area contributed by atoms with Crippen LogP contribution in [0.2, 0.25) is 0 Å². The molecule has 2 aliphatic rings. The average molecular weight is 361 g/mol. The third-order valence-corrected chi connectivity index (χ3v) is 4.52. The molecule has 0 bridgehead atoms. The maximum absolute atomic E-state index is 5.61. The van der Waals surface area contributed by atoms with Gasteiger partial charge in [-0.05, 0) is 51.3 Å². The zero-order valence-corrected chi connectivity index (χ0v) is 15.7. The SMILES string of the molecule is CC(N)=NC(C)=Nc1cc(C2CC2C=C2Nc3ccccc3N2)nc(C)n1. The van der Waals surface area contributed by atoms with Crippen LogP contribution in [0.5, 0.6) is 0 Å². The van der Waals surface area contributed by atoms with Crippen molar-refractivity contribution in [2.24, 2.45) is 21.6 Å². The summed E-state index contributed by atoms with van der Waals surface area (Å²) in [5, 5.41) is 6.83.